The van der Waals surface area contributed by atoms with E-state index >= 15 is 0 Å². The molecule has 1 fully saturated rings. The van der Waals surface area contributed by atoms with Crippen LogP contribution < -0.4 is 10.5 Å². The summed E-state index contributed by atoms with van der Waals surface area (Å²) in [4.78, 5) is 13.8. The number of nitrogens with two attached hydrogens (primary N) is 1. The molecule has 0 radical (unpaired) electrons. The number of alkyl halides is 3. The van der Waals surface area contributed by atoms with Gasteiger partial charge in [0.15, 0.2) is 0 Å². The number of likely N-dealkylation sites (tertiary alicyclic amines) is 1. The number of rotatable bonds is 3. The smallest absolute Gasteiger partial charge is 0.416 e. The highest BCUT2D eigenvalue weighted by atomic mass is 19.4. The summed E-state index contributed by atoms with van der Waals surface area (Å²) >= 11 is 0. The van der Waals surface area contributed by atoms with E-state index in [1.165, 1.54) is 6.07 Å². The normalized spacial score (nSPS) is 18.3. The van der Waals surface area contributed by atoms with Gasteiger partial charge in [-0.15, -0.1) is 0 Å². The number of nitrogens with zero attached hydrogens (tertiary/aromatic N) is 1. The SMILES string of the molecule is CC(C)(C)OC(=O)N1CCC[C@H]1COc1cc(N)cc(C(F)(F)F)c1. The minimum atomic E-state index is -4.50. The van der Waals surface area contributed by atoms with Gasteiger partial charge in [-0.3, -0.25) is 0 Å². The summed E-state index contributed by atoms with van der Waals surface area (Å²) in [6.07, 6.45) is -3.45. The lowest BCUT2D eigenvalue weighted by Crippen LogP contribution is -2.42. The number of nitrogen functional groups attached to an aromatic ring is 1. The average molecular weight is 360 g/mol. The standard InChI is InChI=1S/C17H23F3N2O3/c1-16(2,3)25-15(23)22-6-4-5-13(22)10-24-14-8-11(17(18,19)20)7-12(21)9-14/h7-9,13H,4-6,10,21H2,1-3H3/t13-/m0/s1. The van der Waals surface area contributed by atoms with E-state index in [0.29, 0.717) is 13.0 Å². The molecule has 2 rings (SSSR count). The summed E-state index contributed by atoms with van der Waals surface area (Å²) in [5.74, 6) is 0.0309. The molecule has 140 valence electrons. The lowest BCUT2D eigenvalue weighted by atomic mass is 10.2. The number of carbonyl (C=O) groups excluding carboxylic acids is 1. The van der Waals surface area contributed by atoms with Crippen molar-refractivity contribution in [3.05, 3.63) is 23.8 Å². The van der Waals surface area contributed by atoms with Gasteiger partial charge in [-0.2, -0.15) is 13.2 Å². The lowest BCUT2D eigenvalue weighted by Gasteiger charge is -2.28. The van der Waals surface area contributed by atoms with Gasteiger partial charge in [0.1, 0.15) is 18.0 Å². The van der Waals surface area contributed by atoms with Crippen molar-refractivity contribution in [3.63, 3.8) is 0 Å². The molecular formula is C17H23F3N2O3. The number of amides is 1. The topological polar surface area (TPSA) is 64.8 Å². The fraction of sp³-hybridized carbons (Fsp3) is 0.588. The van der Waals surface area contributed by atoms with Crippen molar-refractivity contribution in [2.45, 2.75) is 51.4 Å². The molecule has 0 unspecified atom stereocenters. The Hall–Kier alpha value is -2.12. The molecule has 1 saturated heterocycles. The molecule has 1 atom stereocenters. The van der Waals surface area contributed by atoms with Gasteiger partial charge in [-0.25, -0.2) is 4.79 Å². The fourth-order valence-corrected chi connectivity index (χ4v) is 2.63. The highest BCUT2D eigenvalue weighted by molar-refractivity contribution is 5.69. The van der Waals surface area contributed by atoms with Crippen LogP contribution in [0.5, 0.6) is 5.75 Å². The van der Waals surface area contributed by atoms with Crippen LogP contribution >= 0.6 is 0 Å². The van der Waals surface area contributed by atoms with Crippen LogP contribution in [0.25, 0.3) is 0 Å². The van der Waals surface area contributed by atoms with Crippen LogP contribution in [0.3, 0.4) is 0 Å². The van der Waals surface area contributed by atoms with Crippen molar-refractivity contribution >= 4 is 11.8 Å². The monoisotopic (exact) mass is 360 g/mol. The molecule has 0 aromatic heterocycles. The van der Waals surface area contributed by atoms with E-state index in [4.69, 9.17) is 15.2 Å². The number of anilines is 1. The van der Waals surface area contributed by atoms with E-state index in [-0.39, 0.29) is 24.1 Å². The van der Waals surface area contributed by atoms with Crippen LogP contribution in [0.15, 0.2) is 18.2 Å². The molecule has 25 heavy (non-hydrogen) atoms. The second kappa shape index (κ2) is 7.01. The zero-order chi connectivity index (χ0) is 18.8. The Morgan fingerprint density at radius 1 is 1.28 bits per heavy atom. The largest absolute Gasteiger partial charge is 0.491 e. The van der Waals surface area contributed by atoms with Gasteiger partial charge in [0.2, 0.25) is 0 Å². The Labute approximate surface area is 144 Å². The van der Waals surface area contributed by atoms with Gasteiger partial charge in [0.05, 0.1) is 11.6 Å². The van der Waals surface area contributed by atoms with Crippen LogP contribution in [0, 0.1) is 0 Å². The molecule has 1 aromatic carbocycles. The van der Waals surface area contributed by atoms with Gasteiger partial charge >= 0.3 is 12.3 Å². The molecule has 8 heteroatoms. The van der Waals surface area contributed by atoms with Crippen molar-refractivity contribution in [1.29, 1.82) is 0 Å². The average Bonchev–Trinajstić information content (AvgIpc) is 2.90. The number of hydrogen-bond acceptors (Lipinski definition) is 4. The highest BCUT2D eigenvalue weighted by Crippen LogP contribution is 2.33. The van der Waals surface area contributed by atoms with E-state index in [1.807, 2.05) is 0 Å². The lowest BCUT2D eigenvalue weighted by molar-refractivity contribution is -0.137. The van der Waals surface area contributed by atoms with E-state index in [0.717, 1.165) is 18.6 Å². The first kappa shape index (κ1) is 19.2. The van der Waals surface area contributed by atoms with Gasteiger partial charge < -0.3 is 20.1 Å². The first-order valence-corrected chi connectivity index (χ1v) is 8.06. The second-order valence-corrected chi connectivity index (χ2v) is 7.07. The fourth-order valence-electron chi connectivity index (χ4n) is 2.63. The van der Waals surface area contributed by atoms with Gasteiger partial charge in [0.25, 0.3) is 0 Å². The van der Waals surface area contributed by atoms with E-state index in [2.05, 4.69) is 0 Å². The third-order valence-electron chi connectivity index (χ3n) is 3.70. The molecule has 1 aromatic rings. The third kappa shape index (κ3) is 5.44. The Balaban J connectivity index is 2.03. The maximum atomic E-state index is 12.8. The van der Waals surface area contributed by atoms with Crippen LogP contribution in [-0.4, -0.2) is 35.8 Å². The molecule has 1 aliphatic heterocycles. The van der Waals surface area contributed by atoms with Gasteiger partial charge in [-0.05, 0) is 45.7 Å². The zero-order valence-corrected chi connectivity index (χ0v) is 14.5. The zero-order valence-electron chi connectivity index (χ0n) is 14.5. The van der Waals surface area contributed by atoms with E-state index in [1.54, 1.807) is 25.7 Å². The van der Waals surface area contributed by atoms with Gasteiger partial charge in [0, 0.05) is 18.3 Å². The number of halogens is 3. The van der Waals surface area contributed by atoms with Gasteiger partial charge in [-0.1, -0.05) is 0 Å². The van der Waals surface area contributed by atoms with Crippen LogP contribution in [0.1, 0.15) is 39.2 Å². The molecule has 5 nitrogen and oxygen atoms in total. The maximum Gasteiger partial charge on any atom is 0.416 e. The highest BCUT2D eigenvalue weighted by Gasteiger charge is 2.33. The summed E-state index contributed by atoms with van der Waals surface area (Å²) < 4.78 is 49.3. The number of carbonyl (C=O) groups is 1. The van der Waals surface area contributed by atoms with Crippen molar-refractivity contribution in [1.82, 2.24) is 4.90 Å². The molecule has 0 saturated carbocycles. The van der Waals surface area contributed by atoms with Crippen LogP contribution in [0.2, 0.25) is 0 Å². The van der Waals surface area contributed by atoms with Crippen LogP contribution in [-0.2, 0) is 10.9 Å². The summed E-state index contributed by atoms with van der Waals surface area (Å²) in [5, 5.41) is 0. The predicted molar refractivity (Wildman–Crippen MR) is 87.3 cm³/mol. The number of benzene rings is 1. The first-order valence-electron chi connectivity index (χ1n) is 8.06. The number of hydrogen-bond donors (Lipinski definition) is 1. The summed E-state index contributed by atoms with van der Waals surface area (Å²) in [7, 11) is 0. The molecule has 1 heterocycles. The minimum absolute atomic E-state index is 0.0276. The van der Waals surface area contributed by atoms with Crippen molar-refractivity contribution in [3.8, 4) is 5.75 Å². The molecular weight excluding hydrogens is 337 g/mol. The quantitative estimate of drug-likeness (QED) is 0.826. The molecule has 0 aliphatic carbocycles. The van der Waals surface area contributed by atoms with Crippen molar-refractivity contribution in [2.24, 2.45) is 0 Å². The minimum Gasteiger partial charge on any atom is -0.491 e. The summed E-state index contributed by atoms with van der Waals surface area (Å²) in [5.41, 5.74) is 4.02. The maximum absolute atomic E-state index is 12.8. The molecule has 1 amide bonds. The van der Waals surface area contributed by atoms with E-state index in [9.17, 15) is 18.0 Å². The predicted octanol–water partition coefficient (Wildman–Crippen LogP) is 4.07. The summed E-state index contributed by atoms with van der Waals surface area (Å²) in [6, 6.07) is 2.85. The Bertz CT molecular complexity index is 627. The van der Waals surface area contributed by atoms with Crippen molar-refractivity contribution in [2.75, 3.05) is 18.9 Å². The second-order valence-electron chi connectivity index (χ2n) is 7.07. The van der Waals surface area contributed by atoms with Crippen LogP contribution in [0.4, 0.5) is 23.7 Å². The third-order valence-corrected chi connectivity index (χ3v) is 3.70. The molecule has 1 aliphatic rings. The van der Waals surface area contributed by atoms with Crippen molar-refractivity contribution < 1.29 is 27.4 Å². The first-order chi connectivity index (χ1) is 11.5. The summed E-state index contributed by atoms with van der Waals surface area (Å²) in [6.45, 7) is 5.95. The number of ether oxygens (including phenoxy) is 2. The Morgan fingerprint density at radius 3 is 2.56 bits per heavy atom. The molecule has 2 N–H and O–H groups in total. The molecule has 0 bridgehead atoms. The molecule has 0 spiro atoms. The Morgan fingerprint density at radius 2 is 1.96 bits per heavy atom. The van der Waals surface area contributed by atoms with E-state index < -0.39 is 23.4 Å². The Kier molecular flexibility index (Phi) is 5.39.